The molecule has 3 aromatic rings. The second kappa shape index (κ2) is 13.2. The summed E-state index contributed by atoms with van der Waals surface area (Å²) in [6.45, 7) is 5.40. The highest BCUT2D eigenvalue weighted by molar-refractivity contribution is 6.34. The van der Waals surface area contributed by atoms with Gasteiger partial charge < -0.3 is 20.3 Å². The van der Waals surface area contributed by atoms with Crippen LogP contribution in [0.15, 0.2) is 72.8 Å². The number of carbonyl (C=O) groups is 2. The van der Waals surface area contributed by atoms with Crippen molar-refractivity contribution in [3.05, 3.63) is 94.5 Å². The Labute approximate surface area is 223 Å². The van der Waals surface area contributed by atoms with Crippen molar-refractivity contribution in [1.82, 2.24) is 10.2 Å². The zero-order valence-corrected chi connectivity index (χ0v) is 21.8. The Morgan fingerprint density at radius 2 is 1.62 bits per heavy atom. The molecule has 0 atom stereocenters. The first-order valence-electron chi connectivity index (χ1n) is 12.5. The monoisotopic (exact) mass is 520 g/mol. The molecule has 3 aromatic carbocycles. The molecule has 1 aliphatic heterocycles. The zero-order valence-electron chi connectivity index (χ0n) is 21.1. The summed E-state index contributed by atoms with van der Waals surface area (Å²) in [5, 5.41) is 6.25. The minimum atomic E-state index is -0.320. The van der Waals surface area contributed by atoms with Gasteiger partial charge >= 0.3 is 0 Å². The van der Waals surface area contributed by atoms with Gasteiger partial charge in [-0.3, -0.25) is 14.5 Å². The molecule has 2 N–H and O–H groups in total. The second-order valence-corrected chi connectivity index (χ2v) is 9.42. The molecule has 7 nitrogen and oxygen atoms in total. The summed E-state index contributed by atoms with van der Waals surface area (Å²) in [5.74, 6) is -0.494. The fourth-order valence-corrected chi connectivity index (χ4v) is 4.64. The van der Waals surface area contributed by atoms with Crippen molar-refractivity contribution >= 4 is 34.8 Å². The average molecular weight is 521 g/mol. The lowest BCUT2D eigenvalue weighted by Crippen LogP contribution is -2.46. The first kappa shape index (κ1) is 26.7. The van der Waals surface area contributed by atoms with Gasteiger partial charge in [-0.2, -0.15) is 0 Å². The van der Waals surface area contributed by atoms with Crippen LogP contribution in [-0.2, 0) is 11.3 Å². The topological polar surface area (TPSA) is 73.9 Å². The third-order valence-corrected chi connectivity index (χ3v) is 6.72. The summed E-state index contributed by atoms with van der Waals surface area (Å²) >= 11 is 6.19. The summed E-state index contributed by atoms with van der Waals surface area (Å²) < 4.78 is 5.09. The van der Waals surface area contributed by atoms with Crippen molar-refractivity contribution in [3.63, 3.8) is 0 Å². The van der Waals surface area contributed by atoms with Gasteiger partial charge in [-0.1, -0.05) is 54.1 Å². The highest BCUT2D eigenvalue weighted by Gasteiger charge is 2.23. The highest BCUT2D eigenvalue weighted by atomic mass is 35.5. The molecule has 4 rings (SSSR count). The van der Waals surface area contributed by atoms with Crippen molar-refractivity contribution in [2.75, 3.05) is 56.7 Å². The van der Waals surface area contributed by atoms with Gasteiger partial charge in [-0.25, -0.2) is 0 Å². The van der Waals surface area contributed by atoms with E-state index in [-0.39, 0.29) is 11.8 Å². The maximum absolute atomic E-state index is 13.2. The predicted molar refractivity (Wildman–Crippen MR) is 149 cm³/mol. The fraction of sp³-hybridized carbons (Fsp3) is 0.310. The standard InChI is InChI=1S/C29H33ClN4O3/c1-37-19-7-14-31-28(35)25-20-23(32-29(36)24-10-5-6-11-26(24)30)12-13-27(25)34-17-15-33(16-18-34)21-22-8-3-2-4-9-22/h2-6,8-13,20H,7,14-19,21H2,1H3,(H,31,35)(H,32,36). The van der Waals surface area contributed by atoms with E-state index in [9.17, 15) is 9.59 Å². The molecular formula is C29H33ClN4O3. The van der Waals surface area contributed by atoms with Gasteiger partial charge in [-0.05, 0) is 42.3 Å². The lowest BCUT2D eigenvalue weighted by atomic mass is 10.1. The molecule has 2 amide bonds. The maximum atomic E-state index is 13.2. The Balaban J connectivity index is 1.49. The number of halogens is 1. The first-order valence-corrected chi connectivity index (χ1v) is 12.9. The third kappa shape index (κ3) is 7.32. The van der Waals surface area contributed by atoms with E-state index in [1.54, 1.807) is 37.4 Å². The van der Waals surface area contributed by atoms with Crippen molar-refractivity contribution in [1.29, 1.82) is 0 Å². The van der Waals surface area contributed by atoms with E-state index in [0.717, 1.165) is 44.8 Å². The SMILES string of the molecule is COCCCNC(=O)c1cc(NC(=O)c2ccccc2Cl)ccc1N1CCN(Cc2ccccc2)CC1. The molecule has 0 aromatic heterocycles. The molecular weight excluding hydrogens is 488 g/mol. The van der Waals surface area contributed by atoms with E-state index in [4.69, 9.17) is 16.3 Å². The summed E-state index contributed by atoms with van der Waals surface area (Å²) in [4.78, 5) is 30.7. The molecule has 0 radical (unpaired) electrons. The molecule has 0 bridgehead atoms. The van der Waals surface area contributed by atoms with Gasteiger partial charge in [-0.15, -0.1) is 0 Å². The quantitative estimate of drug-likeness (QED) is 0.380. The number of hydrogen-bond donors (Lipinski definition) is 2. The van der Waals surface area contributed by atoms with Crippen LogP contribution in [0.5, 0.6) is 0 Å². The van der Waals surface area contributed by atoms with Crippen LogP contribution in [0.1, 0.15) is 32.7 Å². The average Bonchev–Trinajstić information content (AvgIpc) is 2.92. The number of ether oxygens (including phenoxy) is 1. The molecule has 0 spiro atoms. The number of hydrogen-bond acceptors (Lipinski definition) is 5. The molecule has 1 aliphatic rings. The highest BCUT2D eigenvalue weighted by Crippen LogP contribution is 2.27. The van der Waals surface area contributed by atoms with E-state index in [1.807, 2.05) is 18.2 Å². The van der Waals surface area contributed by atoms with E-state index < -0.39 is 0 Å². The minimum Gasteiger partial charge on any atom is -0.385 e. The number of amides is 2. The Morgan fingerprint density at radius 1 is 0.892 bits per heavy atom. The number of rotatable bonds is 10. The lowest BCUT2D eigenvalue weighted by Gasteiger charge is -2.37. The Bertz CT molecular complexity index is 1200. The molecule has 0 saturated carbocycles. The molecule has 1 saturated heterocycles. The van der Waals surface area contributed by atoms with Gasteiger partial charge in [0.15, 0.2) is 0 Å². The summed E-state index contributed by atoms with van der Waals surface area (Å²) in [7, 11) is 1.64. The van der Waals surface area contributed by atoms with Gasteiger partial charge in [0.2, 0.25) is 0 Å². The van der Waals surface area contributed by atoms with Crippen molar-refractivity contribution in [2.45, 2.75) is 13.0 Å². The number of nitrogens with one attached hydrogen (secondary N) is 2. The van der Waals surface area contributed by atoms with Crippen LogP contribution in [0, 0.1) is 0 Å². The van der Waals surface area contributed by atoms with Crippen LogP contribution >= 0.6 is 11.6 Å². The molecule has 1 fully saturated rings. The molecule has 0 aliphatic carbocycles. The number of carbonyl (C=O) groups excluding carboxylic acids is 2. The normalized spacial score (nSPS) is 13.8. The van der Waals surface area contributed by atoms with Gasteiger partial charge in [0.1, 0.15) is 0 Å². The number of piperazine rings is 1. The number of methoxy groups -OCH3 is 1. The van der Waals surface area contributed by atoms with Crippen molar-refractivity contribution < 1.29 is 14.3 Å². The molecule has 1 heterocycles. The summed E-state index contributed by atoms with van der Waals surface area (Å²) in [6.07, 6.45) is 0.721. The second-order valence-electron chi connectivity index (χ2n) is 9.02. The Morgan fingerprint density at radius 3 is 2.35 bits per heavy atom. The van der Waals surface area contributed by atoms with Crippen molar-refractivity contribution in [3.8, 4) is 0 Å². The lowest BCUT2D eigenvalue weighted by molar-refractivity contribution is 0.0947. The van der Waals surface area contributed by atoms with E-state index in [2.05, 4.69) is 44.7 Å². The Kier molecular flexibility index (Phi) is 9.54. The van der Waals surface area contributed by atoms with Gasteiger partial charge in [0.25, 0.3) is 11.8 Å². The number of benzene rings is 3. The summed E-state index contributed by atoms with van der Waals surface area (Å²) in [6, 6.07) is 22.8. The minimum absolute atomic E-state index is 0.174. The van der Waals surface area contributed by atoms with E-state index in [1.165, 1.54) is 5.56 Å². The molecule has 194 valence electrons. The third-order valence-electron chi connectivity index (χ3n) is 6.39. The van der Waals surface area contributed by atoms with Gasteiger partial charge in [0.05, 0.1) is 16.1 Å². The number of nitrogens with zero attached hydrogens (tertiary/aromatic N) is 2. The van der Waals surface area contributed by atoms with E-state index >= 15 is 0 Å². The van der Waals surface area contributed by atoms with E-state index in [0.29, 0.717) is 35.0 Å². The molecule has 0 unspecified atom stereocenters. The van der Waals surface area contributed by atoms with Crippen LogP contribution in [0.25, 0.3) is 0 Å². The Hall–Kier alpha value is -3.39. The fourth-order valence-electron chi connectivity index (χ4n) is 4.42. The zero-order chi connectivity index (χ0) is 26.0. The van der Waals surface area contributed by atoms with Crippen LogP contribution in [0.3, 0.4) is 0 Å². The molecule has 37 heavy (non-hydrogen) atoms. The first-order chi connectivity index (χ1) is 18.0. The van der Waals surface area contributed by atoms with Crippen LogP contribution < -0.4 is 15.5 Å². The number of anilines is 2. The molecule has 8 heteroatoms. The van der Waals surface area contributed by atoms with Crippen molar-refractivity contribution in [2.24, 2.45) is 0 Å². The summed E-state index contributed by atoms with van der Waals surface area (Å²) in [5.41, 5.74) is 3.61. The maximum Gasteiger partial charge on any atom is 0.257 e. The van der Waals surface area contributed by atoms with Gasteiger partial charge in [0, 0.05) is 64.4 Å². The van der Waals surface area contributed by atoms with Crippen LogP contribution in [-0.4, -0.2) is 63.2 Å². The predicted octanol–water partition coefficient (Wildman–Crippen LogP) is 4.68. The van der Waals surface area contributed by atoms with Crippen LogP contribution in [0.4, 0.5) is 11.4 Å². The van der Waals surface area contributed by atoms with Crippen LogP contribution in [0.2, 0.25) is 5.02 Å². The largest absolute Gasteiger partial charge is 0.385 e. The smallest absolute Gasteiger partial charge is 0.257 e.